The average Bonchev–Trinajstić information content (AvgIpc) is 3.21. The summed E-state index contributed by atoms with van der Waals surface area (Å²) in [7, 11) is 0. The standard InChI is InChI=1S/C21H26N2O3S/c1-15(2)26-18-7-4-3-6-17(18)14-22-20(24)16-9-11-23(12-10-16)21(25)19-8-5-13-27-19/h3-8,13,15-16H,9-12,14H2,1-2H3,(H,22,24). The zero-order valence-electron chi connectivity index (χ0n) is 15.8. The number of carbonyl (C=O) groups is 2. The largest absolute Gasteiger partial charge is 0.491 e. The number of likely N-dealkylation sites (tertiary alicyclic amines) is 1. The molecule has 1 N–H and O–H groups in total. The van der Waals surface area contributed by atoms with Crippen LogP contribution in [-0.4, -0.2) is 35.9 Å². The summed E-state index contributed by atoms with van der Waals surface area (Å²) >= 11 is 1.46. The third-order valence-corrected chi connectivity index (χ3v) is 5.53. The van der Waals surface area contributed by atoms with Crippen molar-refractivity contribution >= 4 is 23.2 Å². The second-order valence-corrected chi connectivity index (χ2v) is 7.98. The number of para-hydroxylation sites is 1. The fraction of sp³-hybridized carbons (Fsp3) is 0.429. The van der Waals surface area contributed by atoms with E-state index in [-0.39, 0.29) is 23.8 Å². The van der Waals surface area contributed by atoms with Crippen molar-refractivity contribution in [3.63, 3.8) is 0 Å². The van der Waals surface area contributed by atoms with Crippen molar-refractivity contribution in [3.8, 4) is 5.75 Å². The number of benzene rings is 1. The maximum atomic E-state index is 12.6. The summed E-state index contributed by atoms with van der Waals surface area (Å²) in [6.07, 6.45) is 1.49. The van der Waals surface area contributed by atoms with E-state index in [1.165, 1.54) is 11.3 Å². The van der Waals surface area contributed by atoms with E-state index in [0.29, 0.717) is 32.5 Å². The van der Waals surface area contributed by atoms with Gasteiger partial charge in [0, 0.05) is 31.1 Å². The summed E-state index contributed by atoms with van der Waals surface area (Å²) in [5.74, 6) is 0.890. The summed E-state index contributed by atoms with van der Waals surface area (Å²) in [6, 6.07) is 11.5. The minimum absolute atomic E-state index is 0.0458. The Bertz CT molecular complexity index is 765. The van der Waals surface area contributed by atoms with Crippen LogP contribution in [0.3, 0.4) is 0 Å². The zero-order valence-corrected chi connectivity index (χ0v) is 16.6. The molecule has 0 bridgehead atoms. The molecular weight excluding hydrogens is 360 g/mol. The summed E-state index contributed by atoms with van der Waals surface area (Å²) < 4.78 is 5.80. The van der Waals surface area contributed by atoms with Crippen LogP contribution in [0.5, 0.6) is 5.75 Å². The first-order valence-electron chi connectivity index (χ1n) is 9.39. The molecule has 0 spiro atoms. The van der Waals surface area contributed by atoms with Crippen LogP contribution in [0.1, 0.15) is 41.9 Å². The highest BCUT2D eigenvalue weighted by Crippen LogP contribution is 2.22. The van der Waals surface area contributed by atoms with Crippen LogP contribution in [0, 0.1) is 5.92 Å². The van der Waals surface area contributed by atoms with E-state index >= 15 is 0 Å². The van der Waals surface area contributed by atoms with E-state index in [0.717, 1.165) is 16.2 Å². The molecule has 3 rings (SSSR count). The summed E-state index contributed by atoms with van der Waals surface area (Å²) in [6.45, 7) is 5.68. The van der Waals surface area contributed by atoms with Gasteiger partial charge in [0.05, 0.1) is 11.0 Å². The number of thiophene rings is 1. The van der Waals surface area contributed by atoms with Crippen molar-refractivity contribution in [2.75, 3.05) is 13.1 Å². The summed E-state index contributed by atoms with van der Waals surface area (Å²) in [5, 5.41) is 4.94. The maximum Gasteiger partial charge on any atom is 0.263 e. The molecule has 1 fully saturated rings. The lowest BCUT2D eigenvalue weighted by atomic mass is 9.95. The molecule has 1 aromatic heterocycles. The molecule has 0 unspecified atom stereocenters. The fourth-order valence-electron chi connectivity index (χ4n) is 3.25. The number of ether oxygens (including phenoxy) is 1. The van der Waals surface area contributed by atoms with E-state index in [4.69, 9.17) is 4.74 Å². The highest BCUT2D eigenvalue weighted by atomic mass is 32.1. The first-order chi connectivity index (χ1) is 13.0. The van der Waals surface area contributed by atoms with E-state index in [1.54, 1.807) is 0 Å². The number of hydrogen-bond donors (Lipinski definition) is 1. The lowest BCUT2D eigenvalue weighted by molar-refractivity contribution is -0.126. The van der Waals surface area contributed by atoms with Crippen LogP contribution >= 0.6 is 11.3 Å². The minimum Gasteiger partial charge on any atom is -0.491 e. The molecule has 0 atom stereocenters. The molecule has 2 heterocycles. The predicted octanol–water partition coefficient (Wildman–Crippen LogP) is 3.70. The van der Waals surface area contributed by atoms with Crippen molar-refractivity contribution in [1.29, 1.82) is 0 Å². The smallest absolute Gasteiger partial charge is 0.263 e. The minimum atomic E-state index is -0.0458. The molecule has 144 valence electrons. The Hall–Kier alpha value is -2.34. The van der Waals surface area contributed by atoms with Crippen LogP contribution in [-0.2, 0) is 11.3 Å². The second-order valence-electron chi connectivity index (χ2n) is 7.04. The average molecular weight is 387 g/mol. The molecular formula is C21H26N2O3S. The Morgan fingerprint density at radius 1 is 1.19 bits per heavy atom. The van der Waals surface area contributed by atoms with Gasteiger partial charge in [-0.3, -0.25) is 9.59 Å². The number of hydrogen-bond acceptors (Lipinski definition) is 4. The lowest BCUT2D eigenvalue weighted by Crippen LogP contribution is -2.42. The van der Waals surface area contributed by atoms with E-state index in [9.17, 15) is 9.59 Å². The van der Waals surface area contributed by atoms with Crippen LogP contribution < -0.4 is 10.1 Å². The van der Waals surface area contributed by atoms with Crippen molar-refractivity contribution in [1.82, 2.24) is 10.2 Å². The van der Waals surface area contributed by atoms with Gasteiger partial charge in [-0.05, 0) is 44.2 Å². The van der Waals surface area contributed by atoms with Crippen molar-refractivity contribution in [3.05, 3.63) is 52.2 Å². The van der Waals surface area contributed by atoms with Crippen molar-refractivity contribution < 1.29 is 14.3 Å². The Morgan fingerprint density at radius 2 is 1.93 bits per heavy atom. The van der Waals surface area contributed by atoms with E-state index < -0.39 is 0 Å². The van der Waals surface area contributed by atoms with Gasteiger partial charge in [-0.1, -0.05) is 24.3 Å². The van der Waals surface area contributed by atoms with Gasteiger partial charge < -0.3 is 15.0 Å². The molecule has 0 radical (unpaired) electrons. The number of amides is 2. The molecule has 2 aromatic rings. The third kappa shape index (κ3) is 5.10. The van der Waals surface area contributed by atoms with Crippen LogP contribution in [0.25, 0.3) is 0 Å². The van der Waals surface area contributed by atoms with Gasteiger partial charge in [0.25, 0.3) is 5.91 Å². The van der Waals surface area contributed by atoms with Gasteiger partial charge in [0.15, 0.2) is 0 Å². The Labute approximate surface area is 164 Å². The third-order valence-electron chi connectivity index (χ3n) is 4.67. The molecule has 6 heteroatoms. The first-order valence-corrected chi connectivity index (χ1v) is 10.3. The van der Waals surface area contributed by atoms with Crippen molar-refractivity contribution in [2.45, 2.75) is 39.3 Å². The molecule has 0 saturated carbocycles. The topological polar surface area (TPSA) is 58.6 Å². The van der Waals surface area contributed by atoms with Crippen LogP contribution in [0.15, 0.2) is 41.8 Å². The van der Waals surface area contributed by atoms with E-state index in [1.807, 2.05) is 60.5 Å². The number of nitrogens with zero attached hydrogens (tertiary/aromatic N) is 1. The lowest BCUT2D eigenvalue weighted by Gasteiger charge is -2.31. The predicted molar refractivity (Wildman–Crippen MR) is 107 cm³/mol. The molecule has 2 amide bonds. The zero-order chi connectivity index (χ0) is 19.2. The molecule has 27 heavy (non-hydrogen) atoms. The monoisotopic (exact) mass is 386 g/mol. The molecule has 1 aliphatic heterocycles. The van der Waals surface area contributed by atoms with Crippen molar-refractivity contribution in [2.24, 2.45) is 5.92 Å². The van der Waals surface area contributed by atoms with Crippen LogP contribution in [0.2, 0.25) is 0 Å². The number of piperidine rings is 1. The number of rotatable bonds is 6. The highest BCUT2D eigenvalue weighted by molar-refractivity contribution is 7.12. The van der Waals surface area contributed by atoms with E-state index in [2.05, 4.69) is 5.32 Å². The van der Waals surface area contributed by atoms with Gasteiger partial charge in [-0.25, -0.2) is 0 Å². The SMILES string of the molecule is CC(C)Oc1ccccc1CNC(=O)C1CCN(C(=O)c2cccs2)CC1. The molecule has 5 nitrogen and oxygen atoms in total. The first kappa shape index (κ1) is 19.4. The number of carbonyl (C=O) groups excluding carboxylic acids is 2. The Morgan fingerprint density at radius 3 is 2.59 bits per heavy atom. The quantitative estimate of drug-likeness (QED) is 0.823. The van der Waals surface area contributed by atoms with Gasteiger partial charge in [-0.2, -0.15) is 0 Å². The fourth-order valence-corrected chi connectivity index (χ4v) is 3.94. The molecule has 1 aliphatic rings. The normalized spacial score (nSPS) is 15.0. The molecule has 0 aliphatic carbocycles. The molecule has 1 saturated heterocycles. The Kier molecular flexibility index (Phi) is 6.50. The maximum absolute atomic E-state index is 12.6. The highest BCUT2D eigenvalue weighted by Gasteiger charge is 2.28. The summed E-state index contributed by atoms with van der Waals surface area (Å²) in [5.41, 5.74) is 0.977. The van der Waals surface area contributed by atoms with Gasteiger partial charge in [0.1, 0.15) is 5.75 Å². The molecule has 1 aromatic carbocycles. The number of nitrogens with one attached hydrogen (secondary N) is 1. The second kappa shape index (κ2) is 9.04. The van der Waals surface area contributed by atoms with Crippen LogP contribution in [0.4, 0.5) is 0 Å². The van der Waals surface area contributed by atoms with Gasteiger partial charge in [0.2, 0.25) is 5.91 Å². The van der Waals surface area contributed by atoms with Gasteiger partial charge in [-0.15, -0.1) is 11.3 Å². The van der Waals surface area contributed by atoms with Gasteiger partial charge >= 0.3 is 0 Å². The summed E-state index contributed by atoms with van der Waals surface area (Å²) in [4.78, 5) is 27.6. The Balaban J connectivity index is 1.50.